The van der Waals surface area contributed by atoms with Gasteiger partial charge in [0, 0.05) is 19.1 Å². The molecule has 1 saturated heterocycles. The number of amides is 1. The first-order valence-electron chi connectivity index (χ1n) is 7.45. The van der Waals surface area contributed by atoms with E-state index in [1.165, 1.54) is 12.1 Å². The van der Waals surface area contributed by atoms with Crippen LogP contribution in [0.15, 0.2) is 18.2 Å². The van der Waals surface area contributed by atoms with Crippen molar-refractivity contribution in [3.63, 3.8) is 0 Å². The number of imidazole rings is 1. The fraction of sp³-hybridized carbons (Fsp3) is 0.467. The molecule has 0 spiro atoms. The molecular formula is C15H19FN4O2. The molecule has 7 heteroatoms. The molecule has 1 aliphatic rings. The number of hydrogen-bond acceptors (Lipinski definition) is 4. The lowest BCUT2D eigenvalue weighted by Gasteiger charge is -2.16. The lowest BCUT2D eigenvalue weighted by Crippen LogP contribution is -2.35. The van der Waals surface area contributed by atoms with E-state index in [4.69, 9.17) is 4.74 Å². The lowest BCUT2D eigenvalue weighted by atomic mass is 10.2. The summed E-state index contributed by atoms with van der Waals surface area (Å²) in [5, 5.41) is 3.36. The van der Waals surface area contributed by atoms with Crippen LogP contribution in [0, 0.1) is 5.82 Å². The second kappa shape index (κ2) is 6.31. The molecular weight excluding hydrogens is 287 g/mol. The van der Waals surface area contributed by atoms with Crippen molar-refractivity contribution >= 4 is 17.1 Å². The molecule has 2 aromatic rings. The van der Waals surface area contributed by atoms with Crippen molar-refractivity contribution in [2.75, 3.05) is 19.7 Å². The zero-order valence-electron chi connectivity index (χ0n) is 12.4. The molecule has 1 aromatic carbocycles. The topological polar surface area (TPSA) is 70.2 Å². The standard InChI is InChI=1S/C15H19FN4O2/c1-2-22-15(21)20-6-5-11(9-20)17-8-14-18-12-4-3-10(16)7-13(12)19-14/h3-4,7,11,17H,2,5-6,8-9H2,1H3,(H,18,19)/t11-/m0/s1. The van der Waals surface area contributed by atoms with Crippen molar-refractivity contribution in [1.82, 2.24) is 20.2 Å². The second-order valence-corrected chi connectivity index (χ2v) is 5.36. The van der Waals surface area contributed by atoms with Gasteiger partial charge in [0.15, 0.2) is 0 Å². The van der Waals surface area contributed by atoms with Gasteiger partial charge in [0.2, 0.25) is 0 Å². The molecule has 22 heavy (non-hydrogen) atoms. The van der Waals surface area contributed by atoms with Gasteiger partial charge in [-0.3, -0.25) is 0 Å². The maximum Gasteiger partial charge on any atom is 0.409 e. The Balaban J connectivity index is 1.55. The zero-order valence-corrected chi connectivity index (χ0v) is 12.4. The molecule has 2 heterocycles. The summed E-state index contributed by atoms with van der Waals surface area (Å²) in [6.07, 6.45) is 0.624. The number of nitrogens with zero attached hydrogens (tertiary/aromatic N) is 2. The van der Waals surface area contributed by atoms with Crippen molar-refractivity contribution in [2.24, 2.45) is 0 Å². The van der Waals surface area contributed by atoms with Crippen LogP contribution in [-0.2, 0) is 11.3 Å². The Kier molecular flexibility index (Phi) is 4.24. The predicted molar refractivity (Wildman–Crippen MR) is 79.9 cm³/mol. The monoisotopic (exact) mass is 306 g/mol. The molecule has 2 N–H and O–H groups in total. The number of halogens is 1. The summed E-state index contributed by atoms with van der Waals surface area (Å²) in [7, 11) is 0. The molecule has 0 aliphatic carbocycles. The fourth-order valence-electron chi connectivity index (χ4n) is 2.67. The number of aromatic nitrogens is 2. The summed E-state index contributed by atoms with van der Waals surface area (Å²) in [6.45, 7) is 4.07. The van der Waals surface area contributed by atoms with Gasteiger partial charge in [-0.05, 0) is 31.5 Å². The summed E-state index contributed by atoms with van der Waals surface area (Å²) in [4.78, 5) is 20.8. The summed E-state index contributed by atoms with van der Waals surface area (Å²) in [6, 6.07) is 4.70. The highest BCUT2D eigenvalue weighted by molar-refractivity contribution is 5.74. The van der Waals surface area contributed by atoms with Gasteiger partial charge in [-0.2, -0.15) is 0 Å². The third kappa shape index (κ3) is 3.19. The maximum atomic E-state index is 13.1. The van der Waals surface area contributed by atoms with Crippen LogP contribution >= 0.6 is 0 Å². The van der Waals surface area contributed by atoms with Crippen molar-refractivity contribution in [2.45, 2.75) is 25.9 Å². The number of fused-ring (bicyclic) bond motifs is 1. The molecule has 6 nitrogen and oxygen atoms in total. The molecule has 0 radical (unpaired) electrons. The van der Waals surface area contributed by atoms with E-state index in [2.05, 4.69) is 15.3 Å². The number of carbonyl (C=O) groups excluding carboxylic acids is 1. The minimum Gasteiger partial charge on any atom is -0.450 e. The van der Waals surface area contributed by atoms with E-state index in [1.54, 1.807) is 17.9 Å². The van der Waals surface area contributed by atoms with Gasteiger partial charge in [-0.25, -0.2) is 14.2 Å². The van der Waals surface area contributed by atoms with Crippen LogP contribution in [0.2, 0.25) is 0 Å². The van der Waals surface area contributed by atoms with E-state index in [1.807, 2.05) is 0 Å². The van der Waals surface area contributed by atoms with Crippen LogP contribution in [0.25, 0.3) is 11.0 Å². The molecule has 0 unspecified atom stereocenters. The number of hydrogen-bond donors (Lipinski definition) is 2. The maximum absolute atomic E-state index is 13.1. The van der Waals surface area contributed by atoms with Gasteiger partial charge < -0.3 is 19.9 Å². The molecule has 0 bridgehead atoms. The van der Waals surface area contributed by atoms with Crippen molar-refractivity contribution in [3.05, 3.63) is 29.8 Å². The van der Waals surface area contributed by atoms with E-state index in [9.17, 15) is 9.18 Å². The van der Waals surface area contributed by atoms with E-state index < -0.39 is 0 Å². The molecule has 0 saturated carbocycles. The van der Waals surface area contributed by atoms with Gasteiger partial charge in [0.25, 0.3) is 0 Å². The Morgan fingerprint density at radius 2 is 2.45 bits per heavy atom. The second-order valence-electron chi connectivity index (χ2n) is 5.36. The summed E-state index contributed by atoms with van der Waals surface area (Å²) >= 11 is 0. The highest BCUT2D eigenvalue weighted by Crippen LogP contribution is 2.14. The highest BCUT2D eigenvalue weighted by Gasteiger charge is 2.26. The van der Waals surface area contributed by atoms with Crippen LogP contribution in [0.5, 0.6) is 0 Å². The minimum absolute atomic E-state index is 0.217. The van der Waals surface area contributed by atoms with Gasteiger partial charge in [-0.1, -0.05) is 0 Å². The molecule has 1 fully saturated rings. The number of aromatic amines is 1. The first kappa shape index (κ1) is 14.8. The number of nitrogens with one attached hydrogen (secondary N) is 2. The van der Waals surface area contributed by atoms with Gasteiger partial charge in [0.1, 0.15) is 11.6 Å². The summed E-state index contributed by atoms with van der Waals surface area (Å²) < 4.78 is 18.1. The van der Waals surface area contributed by atoms with Crippen LogP contribution in [0.4, 0.5) is 9.18 Å². The first-order chi connectivity index (χ1) is 10.7. The average Bonchev–Trinajstić information content (AvgIpc) is 3.11. The van der Waals surface area contributed by atoms with Gasteiger partial charge >= 0.3 is 6.09 Å². The molecule has 1 aliphatic heterocycles. The third-order valence-electron chi connectivity index (χ3n) is 3.77. The molecule has 3 rings (SSSR count). The summed E-state index contributed by atoms with van der Waals surface area (Å²) in [5.41, 5.74) is 1.44. The Bertz CT molecular complexity index is 673. The fourth-order valence-corrected chi connectivity index (χ4v) is 2.67. The normalized spacial score (nSPS) is 18.1. The number of ether oxygens (including phenoxy) is 1. The average molecular weight is 306 g/mol. The number of likely N-dealkylation sites (tertiary alicyclic amines) is 1. The number of benzene rings is 1. The van der Waals surface area contributed by atoms with Gasteiger partial charge in [-0.15, -0.1) is 0 Å². The van der Waals surface area contributed by atoms with E-state index >= 15 is 0 Å². The van der Waals surface area contributed by atoms with Crippen molar-refractivity contribution in [1.29, 1.82) is 0 Å². The third-order valence-corrected chi connectivity index (χ3v) is 3.77. The van der Waals surface area contributed by atoms with E-state index in [0.29, 0.717) is 31.8 Å². The van der Waals surface area contributed by atoms with Crippen molar-refractivity contribution in [3.8, 4) is 0 Å². The van der Waals surface area contributed by atoms with Crippen molar-refractivity contribution < 1.29 is 13.9 Å². The lowest BCUT2D eigenvalue weighted by molar-refractivity contribution is 0.115. The Morgan fingerprint density at radius 3 is 3.27 bits per heavy atom. The SMILES string of the molecule is CCOC(=O)N1CC[C@H](NCc2nc3ccc(F)cc3[nH]2)C1. The quantitative estimate of drug-likeness (QED) is 0.906. The van der Waals surface area contributed by atoms with Crippen LogP contribution in [-0.4, -0.2) is 46.7 Å². The first-order valence-corrected chi connectivity index (χ1v) is 7.45. The molecule has 1 aromatic heterocycles. The minimum atomic E-state index is -0.281. The highest BCUT2D eigenvalue weighted by atomic mass is 19.1. The van der Waals surface area contributed by atoms with Gasteiger partial charge in [0.05, 0.1) is 24.2 Å². The number of H-pyrrole nitrogens is 1. The van der Waals surface area contributed by atoms with Crippen LogP contribution in [0.1, 0.15) is 19.2 Å². The number of rotatable bonds is 4. The smallest absolute Gasteiger partial charge is 0.409 e. The molecule has 1 atom stereocenters. The largest absolute Gasteiger partial charge is 0.450 e. The Labute approximate surface area is 127 Å². The van der Waals surface area contributed by atoms with Crippen LogP contribution < -0.4 is 5.32 Å². The van der Waals surface area contributed by atoms with E-state index in [-0.39, 0.29) is 18.0 Å². The Hall–Kier alpha value is -2.15. The predicted octanol–water partition coefficient (Wildman–Crippen LogP) is 2.02. The van der Waals surface area contributed by atoms with E-state index in [0.717, 1.165) is 17.8 Å². The molecule has 118 valence electrons. The molecule has 1 amide bonds. The number of carbonyl (C=O) groups is 1. The van der Waals surface area contributed by atoms with Crippen LogP contribution in [0.3, 0.4) is 0 Å². The zero-order chi connectivity index (χ0) is 15.5. The Morgan fingerprint density at radius 1 is 1.59 bits per heavy atom. The summed E-state index contributed by atoms with van der Waals surface area (Å²) in [5.74, 6) is 0.478.